The van der Waals surface area contributed by atoms with E-state index < -0.39 is 0 Å². The first-order valence-corrected chi connectivity index (χ1v) is 10.9. The van der Waals surface area contributed by atoms with Crippen LogP contribution in [0.2, 0.25) is 0 Å². The zero-order valence-corrected chi connectivity index (χ0v) is 18.1. The Labute approximate surface area is 176 Å². The Kier molecular flexibility index (Phi) is 7.72. The van der Waals surface area contributed by atoms with Crippen LogP contribution < -0.4 is 9.47 Å². The molecule has 0 N–H and O–H groups in total. The molecule has 2 aromatic rings. The molecule has 1 aliphatic heterocycles. The van der Waals surface area contributed by atoms with Crippen molar-refractivity contribution in [2.45, 2.75) is 45.4 Å². The van der Waals surface area contributed by atoms with E-state index in [2.05, 4.69) is 6.07 Å². The molecule has 6 heteroatoms. The van der Waals surface area contributed by atoms with E-state index in [1.54, 1.807) is 24.5 Å². The van der Waals surface area contributed by atoms with Crippen LogP contribution in [0.4, 0.5) is 0 Å². The standard InChI is InChI=1S/C23H29NO4S/c1-17(2)28-21-10-8-18(14-22(21)26-3)9-11-23(25)24(15-19-6-4-12-27-19)16-20-7-5-13-29-20/h5,7-11,13-14,17,19H,4,6,12,15-16H2,1-3H3/b11-9-. The van der Waals surface area contributed by atoms with Gasteiger partial charge in [-0.2, -0.15) is 0 Å². The number of hydrogen-bond donors (Lipinski definition) is 0. The minimum Gasteiger partial charge on any atom is -0.493 e. The van der Waals surface area contributed by atoms with Crippen LogP contribution in [0.25, 0.3) is 6.08 Å². The first-order chi connectivity index (χ1) is 14.0. The number of ether oxygens (including phenoxy) is 3. The average Bonchev–Trinajstić information content (AvgIpc) is 3.40. The summed E-state index contributed by atoms with van der Waals surface area (Å²) in [7, 11) is 1.62. The maximum absolute atomic E-state index is 12.9. The van der Waals surface area contributed by atoms with Crippen molar-refractivity contribution < 1.29 is 19.0 Å². The summed E-state index contributed by atoms with van der Waals surface area (Å²) in [5, 5.41) is 2.03. The molecule has 1 saturated heterocycles. The first-order valence-electron chi connectivity index (χ1n) is 10.0. The van der Waals surface area contributed by atoms with Gasteiger partial charge in [0.05, 0.1) is 25.9 Å². The molecule has 0 aliphatic carbocycles. The van der Waals surface area contributed by atoms with Crippen LogP contribution in [-0.4, -0.2) is 43.3 Å². The maximum Gasteiger partial charge on any atom is 0.246 e. The van der Waals surface area contributed by atoms with Gasteiger partial charge in [-0.3, -0.25) is 4.79 Å². The van der Waals surface area contributed by atoms with Gasteiger partial charge in [-0.05, 0) is 61.9 Å². The third-order valence-electron chi connectivity index (χ3n) is 4.66. The highest BCUT2D eigenvalue weighted by Gasteiger charge is 2.22. The van der Waals surface area contributed by atoms with Crippen LogP contribution >= 0.6 is 11.3 Å². The van der Waals surface area contributed by atoms with Gasteiger partial charge in [-0.1, -0.05) is 12.1 Å². The Morgan fingerprint density at radius 2 is 2.21 bits per heavy atom. The van der Waals surface area contributed by atoms with Gasteiger partial charge < -0.3 is 19.1 Å². The summed E-state index contributed by atoms with van der Waals surface area (Å²) in [6.45, 7) is 5.95. The van der Waals surface area contributed by atoms with Crippen LogP contribution in [0, 0.1) is 0 Å². The second kappa shape index (κ2) is 10.5. The highest BCUT2D eigenvalue weighted by atomic mass is 32.1. The fourth-order valence-electron chi connectivity index (χ4n) is 3.27. The minimum atomic E-state index is -0.0182. The molecule has 1 atom stereocenters. The van der Waals surface area contributed by atoms with E-state index in [4.69, 9.17) is 14.2 Å². The zero-order chi connectivity index (χ0) is 20.6. The summed E-state index contributed by atoms with van der Waals surface area (Å²) >= 11 is 1.66. The van der Waals surface area contributed by atoms with Crippen molar-refractivity contribution in [2.24, 2.45) is 0 Å². The van der Waals surface area contributed by atoms with Crippen molar-refractivity contribution in [1.29, 1.82) is 0 Å². The number of rotatable bonds is 9. The van der Waals surface area contributed by atoms with Gasteiger partial charge in [0.15, 0.2) is 11.5 Å². The maximum atomic E-state index is 12.9. The molecule has 156 valence electrons. The molecular weight excluding hydrogens is 386 g/mol. The number of hydrogen-bond acceptors (Lipinski definition) is 5. The van der Waals surface area contributed by atoms with E-state index in [0.29, 0.717) is 24.6 Å². The molecule has 0 radical (unpaired) electrons. The number of thiophene rings is 1. The molecule has 5 nitrogen and oxygen atoms in total. The van der Waals surface area contributed by atoms with Gasteiger partial charge in [0.1, 0.15) is 0 Å². The van der Waals surface area contributed by atoms with E-state index in [1.807, 2.05) is 54.5 Å². The third-order valence-corrected chi connectivity index (χ3v) is 5.52. The molecule has 0 spiro atoms. The van der Waals surface area contributed by atoms with Crippen molar-refractivity contribution in [1.82, 2.24) is 4.90 Å². The van der Waals surface area contributed by atoms with E-state index in [9.17, 15) is 4.79 Å². The Bertz CT molecular complexity index is 810. The van der Waals surface area contributed by atoms with Crippen LogP contribution in [0.3, 0.4) is 0 Å². The van der Waals surface area contributed by atoms with Gasteiger partial charge in [-0.15, -0.1) is 11.3 Å². The number of methoxy groups -OCH3 is 1. The summed E-state index contributed by atoms with van der Waals surface area (Å²) in [5.74, 6) is 1.34. The molecule has 1 aromatic heterocycles. The quantitative estimate of drug-likeness (QED) is 0.554. The normalized spacial score (nSPS) is 16.5. The molecular formula is C23H29NO4S. The van der Waals surface area contributed by atoms with Crippen molar-refractivity contribution in [3.63, 3.8) is 0 Å². The summed E-state index contributed by atoms with van der Waals surface area (Å²) in [4.78, 5) is 16.0. The first kappa shape index (κ1) is 21.4. The molecule has 1 amide bonds. The molecule has 1 unspecified atom stereocenters. The van der Waals surface area contributed by atoms with Gasteiger partial charge in [0, 0.05) is 24.1 Å². The fourth-order valence-corrected chi connectivity index (χ4v) is 3.99. The lowest BCUT2D eigenvalue weighted by atomic mass is 10.1. The molecule has 1 fully saturated rings. The van der Waals surface area contributed by atoms with Crippen molar-refractivity contribution in [2.75, 3.05) is 20.3 Å². The van der Waals surface area contributed by atoms with Crippen molar-refractivity contribution in [3.8, 4) is 11.5 Å². The molecule has 1 aromatic carbocycles. The number of carbonyl (C=O) groups excluding carboxylic acids is 1. The Balaban J connectivity index is 1.71. The SMILES string of the molecule is COc1cc(/C=C\C(=O)N(Cc2cccs2)CC2CCCO2)ccc1OC(C)C. The Morgan fingerprint density at radius 3 is 2.86 bits per heavy atom. The lowest BCUT2D eigenvalue weighted by Gasteiger charge is -2.24. The lowest BCUT2D eigenvalue weighted by molar-refractivity contribution is -0.128. The Morgan fingerprint density at radius 1 is 1.34 bits per heavy atom. The van der Waals surface area contributed by atoms with Gasteiger partial charge >= 0.3 is 0 Å². The fraction of sp³-hybridized carbons (Fsp3) is 0.435. The van der Waals surface area contributed by atoms with E-state index in [-0.39, 0.29) is 18.1 Å². The Hall–Kier alpha value is -2.31. The second-order valence-corrected chi connectivity index (χ2v) is 8.38. The smallest absolute Gasteiger partial charge is 0.246 e. The van der Waals surface area contributed by atoms with Crippen molar-refractivity contribution >= 4 is 23.3 Å². The number of carbonyl (C=O) groups is 1. The highest BCUT2D eigenvalue weighted by molar-refractivity contribution is 7.09. The number of benzene rings is 1. The van der Waals surface area contributed by atoms with Crippen LogP contribution in [0.5, 0.6) is 11.5 Å². The van der Waals surface area contributed by atoms with Gasteiger partial charge in [-0.25, -0.2) is 0 Å². The molecule has 0 saturated carbocycles. The van der Waals surface area contributed by atoms with Crippen LogP contribution in [0.1, 0.15) is 37.1 Å². The molecule has 29 heavy (non-hydrogen) atoms. The van der Waals surface area contributed by atoms with Gasteiger partial charge in [0.25, 0.3) is 0 Å². The summed E-state index contributed by atoms with van der Waals surface area (Å²) < 4.78 is 16.9. The molecule has 1 aliphatic rings. The van der Waals surface area contributed by atoms with Crippen molar-refractivity contribution in [3.05, 3.63) is 52.2 Å². The summed E-state index contributed by atoms with van der Waals surface area (Å²) in [6.07, 6.45) is 5.70. The lowest BCUT2D eigenvalue weighted by Crippen LogP contribution is -2.35. The largest absolute Gasteiger partial charge is 0.493 e. The van der Waals surface area contributed by atoms with Gasteiger partial charge in [0.2, 0.25) is 5.91 Å². The minimum absolute atomic E-state index is 0.0182. The number of amides is 1. The number of nitrogens with zero attached hydrogens (tertiary/aromatic N) is 1. The summed E-state index contributed by atoms with van der Waals surface area (Å²) in [6, 6.07) is 9.75. The topological polar surface area (TPSA) is 48.0 Å². The third kappa shape index (κ3) is 6.34. The summed E-state index contributed by atoms with van der Waals surface area (Å²) in [5.41, 5.74) is 0.888. The zero-order valence-electron chi connectivity index (χ0n) is 17.3. The average molecular weight is 416 g/mol. The van der Waals surface area contributed by atoms with Crippen LogP contribution in [-0.2, 0) is 16.1 Å². The predicted molar refractivity (Wildman–Crippen MR) is 117 cm³/mol. The van der Waals surface area contributed by atoms with E-state index >= 15 is 0 Å². The second-order valence-electron chi connectivity index (χ2n) is 7.34. The molecule has 2 heterocycles. The van der Waals surface area contributed by atoms with E-state index in [1.165, 1.54) is 4.88 Å². The van der Waals surface area contributed by atoms with Crippen LogP contribution in [0.15, 0.2) is 41.8 Å². The molecule has 0 bridgehead atoms. The molecule has 3 rings (SSSR count). The predicted octanol–water partition coefficient (Wildman–Crippen LogP) is 4.76. The monoisotopic (exact) mass is 415 g/mol. The van der Waals surface area contributed by atoms with E-state index in [0.717, 1.165) is 25.0 Å². The highest BCUT2D eigenvalue weighted by Crippen LogP contribution is 2.29.